The van der Waals surface area contributed by atoms with E-state index in [-0.39, 0.29) is 23.4 Å². The lowest BCUT2D eigenvalue weighted by molar-refractivity contribution is -0.141. The number of hydrogen-bond donors (Lipinski definition) is 1. The molecule has 0 spiro atoms. The molecule has 0 saturated carbocycles. The number of benzene rings is 2. The number of carbonyl (C=O) groups is 1. The zero-order valence-corrected chi connectivity index (χ0v) is 16.5. The van der Waals surface area contributed by atoms with Crippen molar-refractivity contribution in [1.82, 2.24) is 29.4 Å². The van der Waals surface area contributed by atoms with E-state index in [0.29, 0.717) is 16.8 Å². The van der Waals surface area contributed by atoms with Gasteiger partial charge in [0, 0.05) is 12.0 Å². The van der Waals surface area contributed by atoms with E-state index in [9.17, 15) is 19.1 Å². The minimum absolute atomic E-state index is 0.104. The van der Waals surface area contributed by atoms with Crippen LogP contribution in [0.4, 0.5) is 4.39 Å². The van der Waals surface area contributed by atoms with E-state index >= 15 is 0 Å². The lowest BCUT2D eigenvalue weighted by atomic mass is 10.1. The van der Waals surface area contributed by atoms with E-state index < -0.39 is 17.6 Å². The van der Waals surface area contributed by atoms with Crippen LogP contribution in [0.2, 0.25) is 0 Å². The molecule has 5 rings (SSSR count). The molecule has 2 aromatic carbocycles. The largest absolute Gasteiger partial charge is 0.480 e. The van der Waals surface area contributed by atoms with E-state index in [1.165, 1.54) is 29.2 Å². The first-order chi connectivity index (χ1) is 15.5. The Morgan fingerprint density at radius 3 is 2.50 bits per heavy atom. The number of carboxylic acids is 1. The second-order valence-electron chi connectivity index (χ2n) is 7.17. The van der Waals surface area contributed by atoms with Crippen molar-refractivity contribution >= 4 is 22.8 Å². The van der Waals surface area contributed by atoms with Crippen molar-refractivity contribution < 1.29 is 14.3 Å². The molecule has 9 nitrogen and oxygen atoms in total. The molecule has 0 saturated heterocycles. The van der Waals surface area contributed by atoms with Crippen LogP contribution in [0.25, 0.3) is 27.9 Å². The van der Waals surface area contributed by atoms with Crippen LogP contribution in [0, 0.1) is 5.82 Å². The topological polar surface area (TPSA) is 115 Å². The van der Waals surface area contributed by atoms with Crippen molar-refractivity contribution in [2.24, 2.45) is 0 Å². The van der Waals surface area contributed by atoms with Gasteiger partial charge in [-0.3, -0.25) is 9.36 Å². The Morgan fingerprint density at radius 1 is 1.03 bits per heavy atom. The zero-order valence-electron chi connectivity index (χ0n) is 16.5. The number of carboxylic acid groups (broad SMARTS) is 1. The summed E-state index contributed by atoms with van der Waals surface area (Å²) in [5, 5.41) is 22.1. The maximum absolute atomic E-state index is 13.3. The maximum atomic E-state index is 13.3. The first-order valence-electron chi connectivity index (χ1n) is 9.67. The van der Waals surface area contributed by atoms with Gasteiger partial charge in [0.25, 0.3) is 5.56 Å². The van der Waals surface area contributed by atoms with Gasteiger partial charge in [-0.05, 0) is 23.3 Å². The molecule has 3 heterocycles. The molecular weight excluding hydrogens is 415 g/mol. The second-order valence-corrected chi connectivity index (χ2v) is 7.17. The van der Waals surface area contributed by atoms with Gasteiger partial charge in [-0.1, -0.05) is 42.5 Å². The molecule has 0 bridgehead atoms. The van der Waals surface area contributed by atoms with Crippen LogP contribution in [0.3, 0.4) is 0 Å². The number of aliphatic carboxylic acids is 1. The summed E-state index contributed by atoms with van der Waals surface area (Å²) in [5.41, 5.74) is 1.79. The molecule has 32 heavy (non-hydrogen) atoms. The van der Waals surface area contributed by atoms with Crippen molar-refractivity contribution in [3.63, 3.8) is 0 Å². The van der Waals surface area contributed by atoms with Gasteiger partial charge in [-0.2, -0.15) is 9.61 Å². The van der Waals surface area contributed by atoms with E-state index in [0.717, 1.165) is 10.1 Å². The van der Waals surface area contributed by atoms with Gasteiger partial charge in [0.15, 0.2) is 16.8 Å². The third kappa shape index (κ3) is 3.27. The Balaban J connectivity index is 1.62. The van der Waals surface area contributed by atoms with Gasteiger partial charge < -0.3 is 5.11 Å². The standard InChI is InChI=1S/C22H15FN6O3/c23-15-8-6-14(7-9-15)16-11-25-29-19(16)27-26-18-20(29)24-12-28(21(18)30)17(22(31)32)10-13-4-2-1-3-5-13/h1-9,11-12,17H,10H2,(H,31,32). The highest BCUT2D eigenvalue weighted by Crippen LogP contribution is 2.24. The number of rotatable bonds is 5. The summed E-state index contributed by atoms with van der Waals surface area (Å²) < 4.78 is 15.7. The molecule has 1 N–H and O–H groups in total. The second kappa shape index (κ2) is 7.65. The Bertz CT molecular complexity index is 1510. The van der Waals surface area contributed by atoms with E-state index in [1.807, 2.05) is 6.07 Å². The molecular formula is C22H15FN6O3. The highest BCUT2D eigenvalue weighted by molar-refractivity contribution is 5.81. The van der Waals surface area contributed by atoms with Crippen LogP contribution in [0.1, 0.15) is 11.6 Å². The number of aromatic nitrogens is 6. The molecule has 0 aliphatic carbocycles. The van der Waals surface area contributed by atoms with Crippen molar-refractivity contribution in [3.05, 3.63) is 88.9 Å². The summed E-state index contributed by atoms with van der Waals surface area (Å²) in [5.74, 6) is -1.53. The lowest BCUT2D eigenvalue weighted by Gasteiger charge is -2.15. The van der Waals surface area contributed by atoms with E-state index in [4.69, 9.17) is 0 Å². The number of fused-ring (bicyclic) bond motifs is 3. The fraction of sp³-hybridized carbons (Fsp3) is 0.0909. The first-order valence-corrected chi connectivity index (χ1v) is 9.67. The average Bonchev–Trinajstić information content (AvgIpc) is 3.24. The molecule has 1 unspecified atom stereocenters. The summed E-state index contributed by atoms with van der Waals surface area (Å²) in [4.78, 5) is 29.3. The van der Waals surface area contributed by atoms with E-state index in [1.54, 1.807) is 36.4 Å². The monoisotopic (exact) mass is 430 g/mol. The van der Waals surface area contributed by atoms with Gasteiger partial charge in [-0.25, -0.2) is 14.2 Å². The first kappa shape index (κ1) is 19.5. The molecule has 10 heteroatoms. The zero-order chi connectivity index (χ0) is 22.2. The summed E-state index contributed by atoms with van der Waals surface area (Å²) in [6.07, 6.45) is 2.82. The third-order valence-corrected chi connectivity index (χ3v) is 5.19. The molecule has 0 fully saturated rings. The molecule has 1 atom stereocenters. The van der Waals surface area contributed by atoms with Crippen LogP contribution >= 0.6 is 0 Å². The highest BCUT2D eigenvalue weighted by atomic mass is 19.1. The van der Waals surface area contributed by atoms with Gasteiger partial charge in [0.2, 0.25) is 0 Å². The van der Waals surface area contributed by atoms with Crippen molar-refractivity contribution in [2.75, 3.05) is 0 Å². The molecule has 0 amide bonds. The van der Waals surface area contributed by atoms with Gasteiger partial charge >= 0.3 is 5.97 Å². The third-order valence-electron chi connectivity index (χ3n) is 5.19. The van der Waals surface area contributed by atoms with Crippen molar-refractivity contribution in [3.8, 4) is 11.1 Å². The Morgan fingerprint density at radius 2 is 1.78 bits per heavy atom. The van der Waals surface area contributed by atoms with Crippen molar-refractivity contribution in [1.29, 1.82) is 0 Å². The molecule has 0 aliphatic heterocycles. The summed E-state index contributed by atoms with van der Waals surface area (Å²) in [6, 6.07) is 13.7. The van der Waals surface area contributed by atoms with E-state index in [2.05, 4.69) is 20.3 Å². The number of halogens is 1. The van der Waals surface area contributed by atoms with Gasteiger partial charge in [0.05, 0.1) is 6.20 Å². The highest BCUT2D eigenvalue weighted by Gasteiger charge is 2.24. The van der Waals surface area contributed by atoms with Crippen LogP contribution in [-0.2, 0) is 11.2 Å². The normalized spacial score (nSPS) is 12.3. The average molecular weight is 430 g/mol. The minimum atomic E-state index is -1.16. The SMILES string of the molecule is O=C(O)C(Cc1ccccc1)n1cnc2c(nnc3c(-c4ccc(F)cc4)cnn32)c1=O. The Kier molecular flexibility index (Phi) is 4.66. The van der Waals surface area contributed by atoms with Crippen LogP contribution in [-0.4, -0.2) is 40.4 Å². The summed E-state index contributed by atoms with van der Waals surface area (Å²) >= 11 is 0. The van der Waals surface area contributed by atoms with Crippen LogP contribution in [0.5, 0.6) is 0 Å². The fourth-order valence-corrected chi connectivity index (χ4v) is 3.58. The molecule has 3 aromatic heterocycles. The van der Waals surface area contributed by atoms with Crippen molar-refractivity contribution in [2.45, 2.75) is 12.5 Å². The minimum Gasteiger partial charge on any atom is -0.480 e. The maximum Gasteiger partial charge on any atom is 0.327 e. The molecule has 158 valence electrons. The van der Waals surface area contributed by atoms with Gasteiger partial charge in [0.1, 0.15) is 18.2 Å². The lowest BCUT2D eigenvalue weighted by Crippen LogP contribution is -2.32. The van der Waals surface area contributed by atoms with Crippen LogP contribution < -0.4 is 5.56 Å². The smallest absolute Gasteiger partial charge is 0.327 e. The predicted octanol–water partition coefficient (Wildman–Crippen LogP) is 2.51. The number of hydrogen-bond acceptors (Lipinski definition) is 6. The molecule has 0 radical (unpaired) electrons. The number of nitrogens with zero attached hydrogens (tertiary/aromatic N) is 6. The summed E-state index contributed by atoms with van der Waals surface area (Å²) in [6.45, 7) is 0. The van der Waals surface area contributed by atoms with Crippen LogP contribution in [0.15, 0.2) is 71.9 Å². The fourth-order valence-electron chi connectivity index (χ4n) is 3.58. The van der Waals surface area contributed by atoms with Gasteiger partial charge in [-0.15, -0.1) is 10.2 Å². The molecule has 5 aromatic rings. The molecule has 0 aliphatic rings. The summed E-state index contributed by atoms with van der Waals surface area (Å²) in [7, 11) is 0. The Labute approximate surface area is 179 Å². The predicted molar refractivity (Wildman–Crippen MR) is 113 cm³/mol. The Hall–Kier alpha value is -4.47. The quantitative estimate of drug-likeness (QED) is 0.455.